The number of hydrogen-bond acceptors (Lipinski definition) is 1. The predicted molar refractivity (Wildman–Crippen MR) is 39.3 cm³/mol. The van der Waals surface area contributed by atoms with E-state index in [4.69, 9.17) is 23.2 Å². The van der Waals surface area contributed by atoms with E-state index in [0.717, 1.165) is 6.07 Å². The molecule has 0 aliphatic heterocycles. The number of aromatic nitrogens is 1. The summed E-state index contributed by atoms with van der Waals surface area (Å²) in [5, 5.41) is -0.350. The van der Waals surface area contributed by atoms with Crippen LogP contribution in [0.25, 0.3) is 0 Å². The van der Waals surface area contributed by atoms with Crippen LogP contribution in [0.4, 0.5) is 13.2 Å². The number of alkyl halides is 3. The molecule has 0 unspecified atom stereocenters. The molecule has 66 valence electrons. The normalized spacial score (nSPS) is 11.8. The van der Waals surface area contributed by atoms with Crippen LogP contribution in [-0.2, 0) is 6.18 Å². The first-order valence-electron chi connectivity index (χ1n) is 2.80. The second-order valence-corrected chi connectivity index (χ2v) is 2.81. The van der Waals surface area contributed by atoms with Gasteiger partial charge in [-0.1, -0.05) is 23.2 Å². The molecule has 0 radical (unpaired) electrons. The van der Waals surface area contributed by atoms with Gasteiger partial charge in [0.15, 0.2) is 0 Å². The van der Waals surface area contributed by atoms with Crippen LogP contribution in [0.3, 0.4) is 0 Å². The lowest BCUT2D eigenvalue weighted by Crippen LogP contribution is -2.07. The summed E-state index contributed by atoms with van der Waals surface area (Å²) in [6.07, 6.45) is -4.51. The molecule has 0 aliphatic carbocycles. The maximum absolute atomic E-state index is 12.0. The lowest BCUT2D eigenvalue weighted by molar-refractivity contribution is -0.141. The summed E-state index contributed by atoms with van der Waals surface area (Å²) in [5.74, 6) is 0. The molecular formula is C6H2Cl2F3N. The molecule has 1 rings (SSSR count). The monoisotopic (exact) mass is 215 g/mol. The fraction of sp³-hybridized carbons (Fsp3) is 0.167. The van der Waals surface area contributed by atoms with Gasteiger partial charge in [-0.25, -0.2) is 4.98 Å². The summed E-state index contributed by atoms with van der Waals surface area (Å²) in [6.45, 7) is 0. The Bertz CT molecular complexity index is 277. The molecule has 0 aromatic carbocycles. The van der Waals surface area contributed by atoms with Gasteiger partial charge >= 0.3 is 6.18 Å². The van der Waals surface area contributed by atoms with E-state index >= 15 is 0 Å². The number of halogens is 5. The van der Waals surface area contributed by atoms with Crippen LogP contribution >= 0.6 is 23.2 Å². The van der Waals surface area contributed by atoms with Gasteiger partial charge in [-0.05, 0) is 12.1 Å². The first-order chi connectivity index (χ1) is 5.39. The Morgan fingerprint density at radius 1 is 1.17 bits per heavy atom. The highest BCUT2D eigenvalue weighted by molar-refractivity contribution is 6.33. The quantitative estimate of drug-likeness (QED) is 0.605. The number of hydrogen-bond donors (Lipinski definition) is 0. The fourth-order valence-electron chi connectivity index (χ4n) is 0.611. The average Bonchev–Trinajstić information content (AvgIpc) is 1.82. The molecule has 1 aromatic heterocycles. The van der Waals surface area contributed by atoms with Crippen LogP contribution in [0, 0.1) is 0 Å². The zero-order valence-corrected chi connectivity index (χ0v) is 7.00. The van der Waals surface area contributed by atoms with Gasteiger partial charge in [0.2, 0.25) is 0 Å². The molecule has 0 bridgehead atoms. The average molecular weight is 216 g/mol. The molecule has 0 aliphatic rings. The Morgan fingerprint density at radius 3 is 2.17 bits per heavy atom. The minimum atomic E-state index is -4.51. The third-order valence-electron chi connectivity index (χ3n) is 1.05. The van der Waals surface area contributed by atoms with Crippen molar-refractivity contribution in [2.75, 3.05) is 0 Å². The van der Waals surface area contributed by atoms with E-state index in [1.165, 1.54) is 0 Å². The maximum Gasteiger partial charge on any atom is 0.433 e. The second-order valence-electron chi connectivity index (χ2n) is 1.99. The Hall–Kier alpha value is -0.480. The third kappa shape index (κ3) is 2.25. The molecule has 0 spiro atoms. The van der Waals surface area contributed by atoms with E-state index in [0.29, 0.717) is 6.07 Å². The van der Waals surface area contributed by atoms with Gasteiger partial charge in [0.05, 0.1) is 0 Å². The highest BCUT2D eigenvalue weighted by Crippen LogP contribution is 2.30. The van der Waals surface area contributed by atoms with E-state index in [1.54, 1.807) is 0 Å². The molecule has 0 amide bonds. The van der Waals surface area contributed by atoms with Crippen molar-refractivity contribution in [3.8, 4) is 0 Å². The SMILES string of the molecule is FC(F)(F)c1cc(Cl)cc(Cl)n1. The molecule has 0 atom stereocenters. The second kappa shape index (κ2) is 3.11. The van der Waals surface area contributed by atoms with Gasteiger partial charge in [-0.15, -0.1) is 0 Å². The topological polar surface area (TPSA) is 12.9 Å². The Labute approximate surface area is 76.1 Å². The Balaban J connectivity index is 3.18. The summed E-state index contributed by atoms with van der Waals surface area (Å²) in [5.41, 5.74) is -1.08. The van der Waals surface area contributed by atoms with Crippen molar-refractivity contribution in [1.82, 2.24) is 4.98 Å². The van der Waals surface area contributed by atoms with E-state index in [1.807, 2.05) is 0 Å². The maximum atomic E-state index is 12.0. The Kier molecular flexibility index (Phi) is 2.49. The number of pyridine rings is 1. The Morgan fingerprint density at radius 2 is 1.75 bits per heavy atom. The van der Waals surface area contributed by atoms with Crippen LogP contribution in [0.2, 0.25) is 10.2 Å². The smallest absolute Gasteiger partial charge is 0.232 e. The molecule has 0 N–H and O–H groups in total. The van der Waals surface area contributed by atoms with Crippen molar-refractivity contribution in [2.24, 2.45) is 0 Å². The molecule has 12 heavy (non-hydrogen) atoms. The largest absolute Gasteiger partial charge is 0.433 e. The van der Waals surface area contributed by atoms with Gasteiger partial charge in [0.25, 0.3) is 0 Å². The zero-order valence-electron chi connectivity index (χ0n) is 5.49. The zero-order chi connectivity index (χ0) is 9.35. The van der Waals surface area contributed by atoms with Crippen molar-refractivity contribution in [3.05, 3.63) is 28.0 Å². The van der Waals surface area contributed by atoms with E-state index < -0.39 is 11.9 Å². The van der Waals surface area contributed by atoms with Gasteiger partial charge < -0.3 is 0 Å². The number of rotatable bonds is 0. The predicted octanol–water partition coefficient (Wildman–Crippen LogP) is 3.41. The van der Waals surface area contributed by atoms with E-state index in [2.05, 4.69) is 4.98 Å². The van der Waals surface area contributed by atoms with Gasteiger partial charge in [0, 0.05) is 5.02 Å². The number of nitrogens with zero attached hydrogens (tertiary/aromatic N) is 1. The highest BCUT2D eigenvalue weighted by Gasteiger charge is 2.32. The van der Waals surface area contributed by atoms with Gasteiger partial charge in [-0.3, -0.25) is 0 Å². The fourth-order valence-corrected chi connectivity index (χ4v) is 1.08. The molecule has 1 nitrogen and oxygen atoms in total. The standard InChI is InChI=1S/C6H2Cl2F3N/c7-3-1-4(6(9,10)11)12-5(8)2-3/h1-2H. The minimum absolute atomic E-state index is 0.0812. The molecular weight excluding hydrogens is 214 g/mol. The third-order valence-corrected chi connectivity index (χ3v) is 1.46. The van der Waals surface area contributed by atoms with Crippen LogP contribution < -0.4 is 0 Å². The van der Waals surface area contributed by atoms with Gasteiger partial charge in [0.1, 0.15) is 10.8 Å². The van der Waals surface area contributed by atoms with Crippen LogP contribution in [0.1, 0.15) is 5.69 Å². The minimum Gasteiger partial charge on any atom is -0.232 e. The highest BCUT2D eigenvalue weighted by atomic mass is 35.5. The molecule has 0 fully saturated rings. The summed E-state index contributed by atoms with van der Waals surface area (Å²) in [7, 11) is 0. The summed E-state index contributed by atoms with van der Waals surface area (Å²) in [6, 6.07) is 1.85. The summed E-state index contributed by atoms with van der Waals surface area (Å²) < 4.78 is 35.9. The van der Waals surface area contributed by atoms with Crippen molar-refractivity contribution in [1.29, 1.82) is 0 Å². The lowest BCUT2D eigenvalue weighted by atomic mass is 10.3. The first kappa shape index (κ1) is 9.61. The summed E-state index contributed by atoms with van der Waals surface area (Å²) in [4.78, 5) is 3.06. The summed E-state index contributed by atoms with van der Waals surface area (Å²) >= 11 is 10.6. The molecule has 1 heterocycles. The van der Waals surface area contributed by atoms with Gasteiger partial charge in [-0.2, -0.15) is 13.2 Å². The van der Waals surface area contributed by atoms with Crippen molar-refractivity contribution >= 4 is 23.2 Å². The molecule has 1 aromatic rings. The van der Waals surface area contributed by atoms with Crippen molar-refractivity contribution in [3.63, 3.8) is 0 Å². The van der Waals surface area contributed by atoms with Crippen molar-refractivity contribution in [2.45, 2.75) is 6.18 Å². The van der Waals surface area contributed by atoms with E-state index in [-0.39, 0.29) is 10.2 Å². The van der Waals surface area contributed by atoms with Crippen molar-refractivity contribution < 1.29 is 13.2 Å². The first-order valence-corrected chi connectivity index (χ1v) is 3.55. The lowest BCUT2D eigenvalue weighted by Gasteiger charge is -2.05. The van der Waals surface area contributed by atoms with Crippen LogP contribution in [0.5, 0.6) is 0 Å². The molecule has 0 saturated carbocycles. The van der Waals surface area contributed by atoms with Crippen LogP contribution in [0.15, 0.2) is 12.1 Å². The van der Waals surface area contributed by atoms with E-state index in [9.17, 15) is 13.2 Å². The molecule has 0 saturated heterocycles. The van der Waals surface area contributed by atoms with Crippen LogP contribution in [-0.4, -0.2) is 4.98 Å². The molecule has 6 heteroatoms.